The molecule has 0 unspecified atom stereocenters. The summed E-state index contributed by atoms with van der Waals surface area (Å²) in [5.74, 6) is -0.367. The zero-order valence-electron chi connectivity index (χ0n) is 20.4. The number of nitrogens with zero attached hydrogens (tertiary/aromatic N) is 1. The average Bonchev–Trinajstić information content (AvgIpc) is 2.99. The quantitative estimate of drug-likeness (QED) is 0.163. The first-order chi connectivity index (χ1) is 16.5. The Morgan fingerprint density at radius 1 is 1.06 bits per heavy atom. The molecule has 0 fully saturated rings. The third-order valence-electron chi connectivity index (χ3n) is 5.22. The van der Waals surface area contributed by atoms with Crippen LogP contribution in [0.3, 0.4) is 0 Å². The number of hydrogen-bond donors (Lipinski definition) is 1. The van der Waals surface area contributed by atoms with E-state index in [0.717, 1.165) is 22.6 Å². The summed E-state index contributed by atoms with van der Waals surface area (Å²) >= 11 is 0. The zero-order valence-corrected chi connectivity index (χ0v) is 24.1. The molecule has 11 heteroatoms. The fraction of sp³-hybridized carbons (Fsp3) is 0.240. The van der Waals surface area contributed by atoms with Crippen molar-refractivity contribution in [2.75, 3.05) is 17.6 Å². The normalized spacial score (nSPS) is 14.4. The molecule has 0 saturated heterocycles. The number of nitrogens with one attached hydrogen (secondary N) is 1. The van der Waals surface area contributed by atoms with Crippen molar-refractivity contribution < 1.29 is 59.7 Å². The van der Waals surface area contributed by atoms with Crippen LogP contribution in [-0.2, 0) is 26.1 Å². The molecule has 0 saturated carbocycles. The predicted molar refractivity (Wildman–Crippen MR) is 134 cm³/mol. The van der Waals surface area contributed by atoms with E-state index in [0.29, 0.717) is 6.54 Å². The molecule has 0 amide bonds. The molecule has 0 aromatic heterocycles. The van der Waals surface area contributed by atoms with Crippen LogP contribution in [0.25, 0.3) is 0 Å². The number of benzene rings is 2. The van der Waals surface area contributed by atoms with Crippen LogP contribution in [0.1, 0.15) is 25.8 Å². The summed E-state index contributed by atoms with van der Waals surface area (Å²) in [5, 5.41) is 3.20. The molecule has 36 heavy (non-hydrogen) atoms. The van der Waals surface area contributed by atoms with Gasteiger partial charge in [0, 0.05) is 35.6 Å². The van der Waals surface area contributed by atoms with Crippen molar-refractivity contribution in [3.63, 3.8) is 0 Å². The molecule has 0 bridgehead atoms. The smallest absolute Gasteiger partial charge is 0.748 e. The molecule has 0 atom stereocenters. The third-order valence-corrected chi connectivity index (χ3v) is 6.01. The Balaban J connectivity index is 0.00000120. The van der Waals surface area contributed by atoms with E-state index in [1.807, 2.05) is 85.1 Å². The Bertz CT molecular complexity index is 1340. The first-order valence-corrected chi connectivity index (χ1v) is 13.3. The van der Waals surface area contributed by atoms with Gasteiger partial charge in [0.25, 0.3) is 0 Å². The van der Waals surface area contributed by atoms with E-state index in [2.05, 4.69) is 29.8 Å². The van der Waals surface area contributed by atoms with Crippen molar-refractivity contribution >= 4 is 37.8 Å². The van der Waals surface area contributed by atoms with Crippen molar-refractivity contribution in [2.45, 2.75) is 25.7 Å². The van der Waals surface area contributed by atoms with E-state index in [1.165, 1.54) is 0 Å². The maximum absolute atomic E-state index is 11.0. The van der Waals surface area contributed by atoms with Crippen molar-refractivity contribution in [1.82, 2.24) is 0 Å². The second-order valence-corrected chi connectivity index (χ2v) is 9.97. The molecule has 1 aliphatic heterocycles. The molecule has 3 rings (SSSR count). The van der Waals surface area contributed by atoms with E-state index in [1.54, 1.807) is 0 Å². The first-order valence-electron chi connectivity index (χ1n) is 10.7. The molecular weight excluding hydrogens is 511 g/mol. The topological polar surface area (TPSA) is 123 Å². The third kappa shape index (κ3) is 10.3. The van der Waals surface area contributed by atoms with E-state index in [9.17, 15) is 13.0 Å². The van der Waals surface area contributed by atoms with Crippen molar-refractivity contribution in [3.05, 3.63) is 96.7 Å². The second-order valence-electron chi connectivity index (χ2n) is 8.04. The minimum atomic E-state index is -4.22. The maximum atomic E-state index is 11.0. The SMILES string of the molecule is CC1(C)C(/C=C/C=C/C=C/Nc2ccccc2)=[N+](CCCS(=O)(=O)[O-])c2cc[c-]cc21.O=S(=O)=O.[Na+]. The molecular formula is C25H27N2NaO6S2. The fourth-order valence-electron chi connectivity index (χ4n) is 3.71. The predicted octanol–water partition coefficient (Wildman–Crippen LogP) is 0.536. The van der Waals surface area contributed by atoms with Crippen LogP contribution < -0.4 is 34.9 Å². The molecule has 0 spiro atoms. The summed E-state index contributed by atoms with van der Waals surface area (Å²) in [6.45, 7) is 4.74. The van der Waals surface area contributed by atoms with Crippen LogP contribution in [0.2, 0.25) is 0 Å². The van der Waals surface area contributed by atoms with Crippen LogP contribution in [-0.4, -0.2) is 48.2 Å². The van der Waals surface area contributed by atoms with Crippen molar-refractivity contribution in [1.29, 1.82) is 0 Å². The number of para-hydroxylation sites is 1. The Hall–Kier alpha value is -2.34. The number of fused-ring (bicyclic) bond motifs is 1. The fourth-order valence-corrected chi connectivity index (χ4v) is 4.19. The number of allylic oxidation sites excluding steroid dienone is 5. The summed E-state index contributed by atoms with van der Waals surface area (Å²) in [7, 11) is -7.34. The van der Waals surface area contributed by atoms with Gasteiger partial charge in [0.1, 0.15) is 12.2 Å². The van der Waals surface area contributed by atoms with Crippen LogP contribution in [0, 0.1) is 6.07 Å². The first kappa shape index (κ1) is 31.7. The molecule has 0 radical (unpaired) electrons. The molecule has 1 aliphatic rings. The van der Waals surface area contributed by atoms with Gasteiger partial charge >= 0.3 is 40.2 Å². The summed E-state index contributed by atoms with van der Waals surface area (Å²) in [6, 6.07) is 18.9. The number of rotatable bonds is 9. The molecule has 0 aliphatic carbocycles. The standard InChI is InChI=1S/C25H27N2O3S.Na.O3S/c1-25(2)22-15-9-10-16-23(22)27(19-12-20-31(28,29)30)24(25)17-8-3-4-11-18-26-21-13-6-5-7-14-21;;1-4(2)3/h3-8,10-11,13-18H,12,19-20H2,1-2H3,(H,28,29,30);;/q-1;+1;. The van der Waals surface area contributed by atoms with Gasteiger partial charge < -0.3 is 9.87 Å². The molecule has 2 aromatic carbocycles. The second kappa shape index (κ2) is 15.0. The van der Waals surface area contributed by atoms with Gasteiger partial charge in [-0.3, -0.25) is 0 Å². The average molecular weight is 539 g/mol. The molecule has 1 N–H and O–H groups in total. The Labute approximate surface area is 236 Å². The molecule has 2 aromatic rings. The minimum Gasteiger partial charge on any atom is -0.748 e. The van der Waals surface area contributed by atoms with E-state index in [4.69, 9.17) is 12.6 Å². The van der Waals surface area contributed by atoms with Crippen LogP contribution in [0.4, 0.5) is 11.4 Å². The molecule has 8 nitrogen and oxygen atoms in total. The molecule has 186 valence electrons. The van der Waals surface area contributed by atoms with Crippen LogP contribution in [0.5, 0.6) is 0 Å². The van der Waals surface area contributed by atoms with Gasteiger partial charge in [-0.25, -0.2) is 13.0 Å². The summed E-state index contributed by atoms with van der Waals surface area (Å²) < 4.78 is 60.5. The monoisotopic (exact) mass is 538 g/mol. The van der Waals surface area contributed by atoms with Crippen molar-refractivity contribution in [3.8, 4) is 0 Å². The Morgan fingerprint density at radius 2 is 1.69 bits per heavy atom. The number of hydrogen-bond acceptors (Lipinski definition) is 7. The van der Waals surface area contributed by atoms with E-state index >= 15 is 0 Å². The molecule has 1 heterocycles. The van der Waals surface area contributed by atoms with Gasteiger partial charge in [0.2, 0.25) is 0 Å². The maximum Gasteiger partial charge on any atom is 1.00 e. The van der Waals surface area contributed by atoms with E-state index in [-0.39, 0.29) is 47.1 Å². The van der Waals surface area contributed by atoms with Gasteiger partial charge in [-0.2, -0.15) is 18.2 Å². The van der Waals surface area contributed by atoms with Gasteiger partial charge in [0.05, 0.1) is 10.1 Å². The Morgan fingerprint density at radius 3 is 2.33 bits per heavy atom. The number of anilines is 1. The zero-order chi connectivity index (χ0) is 25.9. The summed E-state index contributed by atoms with van der Waals surface area (Å²) in [4.78, 5) is 0. The van der Waals surface area contributed by atoms with Gasteiger partial charge in [-0.1, -0.05) is 55.8 Å². The van der Waals surface area contributed by atoms with Gasteiger partial charge in [-0.05, 0) is 18.2 Å². The summed E-state index contributed by atoms with van der Waals surface area (Å²) in [5.41, 5.74) is 3.99. The Kier molecular flexibility index (Phi) is 13.2. The van der Waals surface area contributed by atoms with Gasteiger partial charge in [0.15, 0.2) is 5.71 Å². The van der Waals surface area contributed by atoms with Crippen LogP contribution in [0.15, 0.2) is 85.1 Å². The van der Waals surface area contributed by atoms with Gasteiger partial charge in [-0.15, -0.1) is 18.7 Å². The van der Waals surface area contributed by atoms with E-state index < -0.39 is 20.7 Å². The van der Waals surface area contributed by atoms with Crippen molar-refractivity contribution in [2.24, 2.45) is 0 Å². The van der Waals surface area contributed by atoms with Crippen LogP contribution >= 0.6 is 0 Å². The largest absolute Gasteiger partial charge is 1.00 e. The summed E-state index contributed by atoms with van der Waals surface area (Å²) in [6.07, 6.45) is 12.0. The minimum absolute atomic E-state index is 0.